The number of ether oxygens (including phenoxy) is 1. The molecule has 0 aliphatic carbocycles. The predicted octanol–water partition coefficient (Wildman–Crippen LogP) is 1.99. The van der Waals surface area contributed by atoms with Gasteiger partial charge < -0.3 is 15.2 Å². The number of hydrogen-bond acceptors (Lipinski definition) is 3. The van der Waals surface area contributed by atoms with Crippen LogP contribution in [-0.2, 0) is 0 Å². The largest absolute Gasteiger partial charge is 0.496 e. The number of aliphatic hydroxyl groups excluding tert-OH is 1. The van der Waals surface area contributed by atoms with Gasteiger partial charge in [0.25, 0.3) is 0 Å². The summed E-state index contributed by atoms with van der Waals surface area (Å²) in [6.45, 7) is 0.126. The standard InChI is InChI=1S/C11H16ClNO2/c1-13-10(5-6-14)9-7-8(12)3-4-11(9)15-2/h3-4,7,10,13-14H,5-6H2,1-2H3. The predicted molar refractivity (Wildman–Crippen MR) is 61.5 cm³/mol. The first-order valence-electron chi connectivity index (χ1n) is 4.84. The zero-order valence-corrected chi connectivity index (χ0v) is 9.71. The minimum Gasteiger partial charge on any atom is -0.496 e. The minimum atomic E-state index is 0.0589. The fourth-order valence-electron chi connectivity index (χ4n) is 1.56. The van der Waals surface area contributed by atoms with Gasteiger partial charge in [0, 0.05) is 23.2 Å². The van der Waals surface area contributed by atoms with Crippen LogP contribution in [0, 0.1) is 0 Å². The molecule has 0 aliphatic rings. The van der Waals surface area contributed by atoms with E-state index in [9.17, 15) is 0 Å². The van der Waals surface area contributed by atoms with Crippen LogP contribution in [0.25, 0.3) is 0 Å². The van der Waals surface area contributed by atoms with Gasteiger partial charge in [-0.3, -0.25) is 0 Å². The molecule has 0 radical (unpaired) electrons. The number of benzene rings is 1. The molecule has 0 saturated carbocycles. The van der Waals surface area contributed by atoms with Crippen molar-refractivity contribution in [2.45, 2.75) is 12.5 Å². The summed E-state index contributed by atoms with van der Waals surface area (Å²) >= 11 is 5.93. The molecule has 0 aliphatic heterocycles. The zero-order chi connectivity index (χ0) is 11.3. The first-order valence-corrected chi connectivity index (χ1v) is 5.22. The third kappa shape index (κ3) is 3.09. The molecule has 1 aromatic rings. The van der Waals surface area contributed by atoms with E-state index < -0.39 is 0 Å². The fourth-order valence-corrected chi connectivity index (χ4v) is 1.74. The summed E-state index contributed by atoms with van der Waals surface area (Å²) < 4.78 is 5.25. The highest BCUT2D eigenvalue weighted by Crippen LogP contribution is 2.29. The van der Waals surface area contributed by atoms with Crippen molar-refractivity contribution in [3.8, 4) is 5.75 Å². The lowest BCUT2D eigenvalue weighted by molar-refractivity contribution is 0.267. The highest BCUT2D eigenvalue weighted by molar-refractivity contribution is 6.30. The summed E-state index contributed by atoms with van der Waals surface area (Å²) in [4.78, 5) is 0. The molecule has 1 rings (SSSR count). The third-order valence-electron chi connectivity index (χ3n) is 2.33. The van der Waals surface area contributed by atoms with Crippen LogP contribution in [-0.4, -0.2) is 25.9 Å². The Kier molecular flexibility index (Phi) is 4.88. The summed E-state index contributed by atoms with van der Waals surface area (Å²) in [6, 6.07) is 5.54. The Morgan fingerprint density at radius 2 is 2.27 bits per heavy atom. The van der Waals surface area contributed by atoms with E-state index in [0.717, 1.165) is 11.3 Å². The van der Waals surface area contributed by atoms with Crippen LogP contribution < -0.4 is 10.1 Å². The second kappa shape index (κ2) is 5.95. The van der Waals surface area contributed by atoms with Crippen molar-refractivity contribution in [1.82, 2.24) is 5.32 Å². The smallest absolute Gasteiger partial charge is 0.123 e. The molecular formula is C11H16ClNO2. The van der Waals surface area contributed by atoms with E-state index in [1.165, 1.54) is 0 Å². The van der Waals surface area contributed by atoms with Gasteiger partial charge in [-0.25, -0.2) is 0 Å². The Morgan fingerprint density at radius 1 is 1.53 bits per heavy atom. The van der Waals surface area contributed by atoms with Gasteiger partial charge in [-0.05, 0) is 31.7 Å². The van der Waals surface area contributed by atoms with Gasteiger partial charge in [0.2, 0.25) is 0 Å². The second-order valence-electron chi connectivity index (χ2n) is 3.24. The quantitative estimate of drug-likeness (QED) is 0.812. The molecule has 0 bridgehead atoms. The van der Waals surface area contributed by atoms with Crippen LogP contribution >= 0.6 is 11.6 Å². The molecule has 0 heterocycles. The Hall–Kier alpha value is -0.770. The van der Waals surface area contributed by atoms with Gasteiger partial charge in [-0.15, -0.1) is 0 Å². The summed E-state index contributed by atoms with van der Waals surface area (Å²) in [5.74, 6) is 0.784. The van der Waals surface area contributed by atoms with Crippen molar-refractivity contribution in [1.29, 1.82) is 0 Å². The van der Waals surface area contributed by atoms with Gasteiger partial charge in [0.05, 0.1) is 7.11 Å². The molecule has 2 N–H and O–H groups in total. The Morgan fingerprint density at radius 3 is 2.80 bits per heavy atom. The van der Waals surface area contributed by atoms with Crippen LogP contribution in [0.1, 0.15) is 18.0 Å². The molecule has 4 heteroatoms. The highest BCUT2D eigenvalue weighted by Gasteiger charge is 2.14. The monoisotopic (exact) mass is 229 g/mol. The maximum Gasteiger partial charge on any atom is 0.123 e. The average Bonchev–Trinajstić information content (AvgIpc) is 2.26. The molecule has 0 fully saturated rings. The first-order chi connectivity index (χ1) is 7.22. The molecular weight excluding hydrogens is 214 g/mol. The summed E-state index contributed by atoms with van der Waals surface area (Å²) in [5.41, 5.74) is 0.974. The first kappa shape index (κ1) is 12.3. The third-order valence-corrected chi connectivity index (χ3v) is 2.57. The van der Waals surface area contributed by atoms with Crippen LogP contribution in [0.2, 0.25) is 5.02 Å². The van der Waals surface area contributed by atoms with E-state index in [1.54, 1.807) is 13.2 Å². The molecule has 0 amide bonds. The van der Waals surface area contributed by atoms with E-state index in [2.05, 4.69) is 5.32 Å². The van der Waals surface area contributed by atoms with E-state index in [-0.39, 0.29) is 12.6 Å². The van der Waals surface area contributed by atoms with Crippen molar-refractivity contribution < 1.29 is 9.84 Å². The topological polar surface area (TPSA) is 41.5 Å². The van der Waals surface area contributed by atoms with Crippen molar-refractivity contribution in [3.05, 3.63) is 28.8 Å². The molecule has 1 unspecified atom stereocenters. The van der Waals surface area contributed by atoms with Crippen molar-refractivity contribution in [2.24, 2.45) is 0 Å². The van der Waals surface area contributed by atoms with E-state index in [0.29, 0.717) is 11.4 Å². The lowest BCUT2D eigenvalue weighted by Crippen LogP contribution is -2.18. The number of nitrogens with one attached hydrogen (secondary N) is 1. The molecule has 84 valence electrons. The Bertz CT molecular complexity index is 317. The minimum absolute atomic E-state index is 0.0589. The molecule has 3 nitrogen and oxygen atoms in total. The molecule has 0 saturated heterocycles. The maximum atomic E-state index is 8.95. The fraction of sp³-hybridized carbons (Fsp3) is 0.455. The van der Waals surface area contributed by atoms with Crippen molar-refractivity contribution >= 4 is 11.6 Å². The number of rotatable bonds is 5. The van der Waals surface area contributed by atoms with Gasteiger partial charge >= 0.3 is 0 Å². The normalized spacial score (nSPS) is 12.5. The molecule has 15 heavy (non-hydrogen) atoms. The molecule has 1 aromatic carbocycles. The summed E-state index contributed by atoms with van der Waals surface area (Å²) in [7, 11) is 3.47. The zero-order valence-electron chi connectivity index (χ0n) is 8.96. The van der Waals surface area contributed by atoms with E-state index >= 15 is 0 Å². The van der Waals surface area contributed by atoms with E-state index in [4.69, 9.17) is 21.4 Å². The van der Waals surface area contributed by atoms with Crippen molar-refractivity contribution in [2.75, 3.05) is 20.8 Å². The summed E-state index contributed by atoms with van der Waals surface area (Å²) in [6.07, 6.45) is 0.632. The lowest BCUT2D eigenvalue weighted by atomic mass is 10.0. The summed E-state index contributed by atoms with van der Waals surface area (Å²) in [5, 5.41) is 12.7. The van der Waals surface area contributed by atoms with Gasteiger partial charge in [0.1, 0.15) is 5.75 Å². The van der Waals surface area contributed by atoms with Crippen LogP contribution in [0.4, 0.5) is 0 Å². The van der Waals surface area contributed by atoms with Crippen LogP contribution in [0.3, 0.4) is 0 Å². The molecule has 1 atom stereocenters. The Labute approximate surface area is 95.0 Å². The van der Waals surface area contributed by atoms with Crippen LogP contribution in [0.5, 0.6) is 5.75 Å². The number of halogens is 1. The Balaban J connectivity index is 3.02. The van der Waals surface area contributed by atoms with E-state index in [1.807, 2.05) is 19.2 Å². The number of hydrogen-bond donors (Lipinski definition) is 2. The SMILES string of the molecule is CNC(CCO)c1cc(Cl)ccc1OC. The second-order valence-corrected chi connectivity index (χ2v) is 3.68. The lowest BCUT2D eigenvalue weighted by Gasteiger charge is -2.18. The van der Waals surface area contributed by atoms with Gasteiger partial charge in [0.15, 0.2) is 0 Å². The van der Waals surface area contributed by atoms with Crippen molar-refractivity contribution in [3.63, 3.8) is 0 Å². The van der Waals surface area contributed by atoms with Gasteiger partial charge in [-0.2, -0.15) is 0 Å². The highest BCUT2D eigenvalue weighted by atomic mass is 35.5. The van der Waals surface area contributed by atoms with Crippen LogP contribution in [0.15, 0.2) is 18.2 Å². The van der Waals surface area contributed by atoms with Gasteiger partial charge in [-0.1, -0.05) is 11.6 Å². The average molecular weight is 230 g/mol. The molecule has 0 spiro atoms. The molecule has 0 aromatic heterocycles. The maximum absolute atomic E-state index is 8.95. The number of aliphatic hydroxyl groups is 1. The number of methoxy groups -OCH3 is 1.